The summed E-state index contributed by atoms with van der Waals surface area (Å²) in [5.41, 5.74) is 8.79. The summed E-state index contributed by atoms with van der Waals surface area (Å²) in [6, 6.07) is 10.7. The fraction of sp³-hybridized carbons (Fsp3) is 0.273. The van der Waals surface area contributed by atoms with Crippen molar-refractivity contribution in [3.05, 3.63) is 59.2 Å². The number of carbonyl (C=O) groups excluding carboxylic acids is 3. The number of aliphatic carboxylic acids is 1. The summed E-state index contributed by atoms with van der Waals surface area (Å²) in [7, 11) is 0. The van der Waals surface area contributed by atoms with Gasteiger partial charge in [0.15, 0.2) is 0 Å². The fourth-order valence-electron chi connectivity index (χ4n) is 2.88. The number of carboxylic acid groups (broad SMARTS) is 1. The average molecular weight is 426 g/mol. The van der Waals surface area contributed by atoms with Gasteiger partial charge in [0.2, 0.25) is 11.8 Å². The van der Waals surface area contributed by atoms with Crippen LogP contribution in [0.3, 0.4) is 0 Å². The van der Waals surface area contributed by atoms with E-state index in [0.29, 0.717) is 5.69 Å². The lowest BCUT2D eigenvalue weighted by Crippen LogP contribution is -2.41. The zero-order valence-electron chi connectivity index (χ0n) is 17.4. The van der Waals surface area contributed by atoms with Crippen LogP contribution in [-0.4, -0.2) is 41.4 Å². The molecule has 0 aliphatic carbocycles. The molecule has 0 bridgehead atoms. The standard InChI is InChI=1S/C22H26N4O5/c1-13-3-8-17(14(2)11-13)24-12-20(28)25-16-6-4-15(5-7-16)21(29)26-18(22(30)31)9-10-19(23)27/h3-8,11,18,24H,9-10,12H2,1-2H3,(H2,23,27)(H,25,28)(H,26,29)(H,30,31). The second-order valence-electron chi connectivity index (χ2n) is 7.17. The molecule has 0 radical (unpaired) electrons. The van der Waals surface area contributed by atoms with Gasteiger partial charge in [0.1, 0.15) is 6.04 Å². The number of rotatable bonds is 10. The first-order valence-corrected chi connectivity index (χ1v) is 9.68. The number of hydrogen-bond acceptors (Lipinski definition) is 5. The highest BCUT2D eigenvalue weighted by Crippen LogP contribution is 2.16. The molecule has 2 rings (SSSR count). The molecule has 2 aromatic carbocycles. The molecule has 1 unspecified atom stereocenters. The molecule has 0 aromatic heterocycles. The number of carbonyl (C=O) groups is 4. The Labute approximate surface area is 180 Å². The molecular formula is C22H26N4O5. The summed E-state index contributed by atoms with van der Waals surface area (Å²) in [5, 5.41) is 17.3. The zero-order valence-corrected chi connectivity index (χ0v) is 17.4. The van der Waals surface area contributed by atoms with Crippen LogP contribution in [0.2, 0.25) is 0 Å². The maximum atomic E-state index is 12.3. The number of amides is 3. The topological polar surface area (TPSA) is 151 Å². The van der Waals surface area contributed by atoms with Crippen molar-refractivity contribution in [2.24, 2.45) is 5.73 Å². The van der Waals surface area contributed by atoms with Gasteiger partial charge in [-0.25, -0.2) is 4.79 Å². The number of nitrogens with two attached hydrogens (primary N) is 1. The highest BCUT2D eigenvalue weighted by Gasteiger charge is 2.21. The first-order valence-electron chi connectivity index (χ1n) is 9.68. The van der Waals surface area contributed by atoms with Gasteiger partial charge in [-0.3, -0.25) is 14.4 Å². The van der Waals surface area contributed by atoms with Gasteiger partial charge in [-0.1, -0.05) is 17.7 Å². The van der Waals surface area contributed by atoms with E-state index in [1.165, 1.54) is 12.1 Å². The molecule has 1 atom stereocenters. The van der Waals surface area contributed by atoms with E-state index in [1.54, 1.807) is 12.1 Å². The van der Waals surface area contributed by atoms with Crippen molar-refractivity contribution in [1.29, 1.82) is 0 Å². The summed E-state index contributed by atoms with van der Waals surface area (Å²) in [6.07, 6.45) is -0.254. The summed E-state index contributed by atoms with van der Waals surface area (Å²) in [6.45, 7) is 4.03. The number of hydrogen-bond donors (Lipinski definition) is 5. The van der Waals surface area contributed by atoms with E-state index < -0.39 is 23.8 Å². The van der Waals surface area contributed by atoms with Crippen molar-refractivity contribution in [1.82, 2.24) is 5.32 Å². The van der Waals surface area contributed by atoms with E-state index in [1.807, 2.05) is 32.0 Å². The third-order valence-electron chi connectivity index (χ3n) is 4.53. The summed E-state index contributed by atoms with van der Waals surface area (Å²) in [5.74, 6) is -2.76. The Bertz CT molecular complexity index is 972. The van der Waals surface area contributed by atoms with E-state index in [2.05, 4.69) is 16.0 Å². The largest absolute Gasteiger partial charge is 0.480 e. The van der Waals surface area contributed by atoms with Crippen LogP contribution in [-0.2, 0) is 14.4 Å². The summed E-state index contributed by atoms with van der Waals surface area (Å²) >= 11 is 0. The zero-order chi connectivity index (χ0) is 23.0. The van der Waals surface area contributed by atoms with Crippen molar-refractivity contribution >= 4 is 35.1 Å². The normalized spacial score (nSPS) is 11.3. The third kappa shape index (κ3) is 7.46. The quantitative estimate of drug-likeness (QED) is 0.391. The Kier molecular flexibility index (Phi) is 8.13. The molecule has 0 aliphatic rings. The molecular weight excluding hydrogens is 400 g/mol. The van der Waals surface area contributed by atoms with E-state index in [9.17, 15) is 19.2 Å². The molecule has 9 nitrogen and oxygen atoms in total. The van der Waals surface area contributed by atoms with Gasteiger partial charge in [0.05, 0.1) is 6.54 Å². The maximum absolute atomic E-state index is 12.3. The van der Waals surface area contributed by atoms with E-state index in [0.717, 1.165) is 16.8 Å². The molecule has 164 valence electrons. The van der Waals surface area contributed by atoms with Crippen molar-refractivity contribution in [3.63, 3.8) is 0 Å². The van der Waals surface area contributed by atoms with Crippen LogP contribution in [0.4, 0.5) is 11.4 Å². The monoisotopic (exact) mass is 426 g/mol. The van der Waals surface area contributed by atoms with Crippen LogP contribution in [0, 0.1) is 13.8 Å². The highest BCUT2D eigenvalue weighted by atomic mass is 16.4. The Balaban J connectivity index is 1.90. The highest BCUT2D eigenvalue weighted by molar-refractivity contribution is 5.98. The number of carboxylic acids is 1. The lowest BCUT2D eigenvalue weighted by molar-refractivity contribution is -0.139. The molecule has 0 fully saturated rings. The van der Waals surface area contributed by atoms with E-state index in [4.69, 9.17) is 10.8 Å². The van der Waals surface area contributed by atoms with Gasteiger partial charge in [-0.05, 0) is 56.2 Å². The third-order valence-corrected chi connectivity index (χ3v) is 4.53. The molecule has 6 N–H and O–H groups in total. The second-order valence-corrected chi connectivity index (χ2v) is 7.17. The van der Waals surface area contributed by atoms with Crippen molar-refractivity contribution in [2.45, 2.75) is 32.7 Å². The number of anilines is 2. The Morgan fingerprint density at radius 1 is 1.03 bits per heavy atom. The number of aryl methyl sites for hydroxylation is 2. The van der Waals surface area contributed by atoms with Crippen molar-refractivity contribution in [2.75, 3.05) is 17.2 Å². The van der Waals surface area contributed by atoms with Crippen LogP contribution in [0.5, 0.6) is 0 Å². The second kappa shape index (κ2) is 10.8. The molecule has 0 saturated heterocycles. The predicted octanol–water partition coefficient (Wildman–Crippen LogP) is 1.80. The molecule has 0 spiro atoms. The molecule has 0 heterocycles. The molecule has 3 amide bonds. The Morgan fingerprint density at radius 3 is 2.29 bits per heavy atom. The first-order chi connectivity index (χ1) is 14.7. The van der Waals surface area contributed by atoms with Crippen LogP contribution in [0.15, 0.2) is 42.5 Å². The van der Waals surface area contributed by atoms with Gasteiger partial charge in [0.25, 0.3) is 5.91 Å². The number of benzene rings is 2. The molecule has 0 aliphatic heterocycles. The van der Waals surface area contributed by atoms with Crippen LogP contribution in [0.25, 0.3) is 0 Å². The van der Waals surface area contributed by atoms with E-state index >= 15 is 0 Å². The van der Waals surface area contributed by atoms with Gasteiger partial charge in [-0.2, -0.15) is 0 Å². The van der Waals surface area contributed by atoms with Gasteiger partial charge >= 0.3 is 5.97 Å². The molecule has 0 saturated carbocycles. The number of primary amides is 1. The average Bonchev–Trinajstić information content (AvgIpc) is 2.70. The Morgan fingerprint density at radius 2 is 1.71 bits per heavy atom. The minimum Gasteiger partial charge on any atom is -0.480 e. The number of nitrogens with one attached hydrogen (secondary N) is 3. The van der Waals surface area contributed by atoms with Gasteiger partial charge in [-0.15, -0.1) is 0 Å². The minimum atomic E-state index is -1.25. The lowest BCUT2D eigenvalue weighted by atomic mass is 10.1. The minimum absolute atomic E-state index is 0.0757. The lowest BCUT2D eigenvalue weighted by Gasteiger charge is -2.14. The summed E-state index contributed by atoms with van der Waals surface area (Å²) in [4.78, 5) is 46.5. The van der Waals surface area contributed by atoms with E-state index in [-0.39, 0.29) is 30.9 Å². The molecule has 31 heavy (non-hydrogen) atoms. The summed E-state index contributed by atoms with van der Waals surface area (Å²) < 4.78 is 0. The smallest absolute Gasteiger partial charge is 0.326 e. The SMILES string of the molecule is Cc1ccc(NCC(=O)Nc2ccc(C(=O)NC(CCC(N)=O)C(=O)O)cc2)c(C)c1. The van der Waals surface area contributed by atoms with Gasteiger partial charge < -0.3 is 26.8 Å². The van der Waals surface area contributed by atoms with Crippen molar-refractivity contribution < 1.29 is 24.3 Å². The van der Waals surface area contributed by atoms with Crippen LogP contribution >= 0.6 is 0 Å². The molecule has 2 aromatic rings. The van der Waals surface area contributed by atoms with Crippen LogP contribution in [0.1, 0.15) is 34.3 Å². The molecule has 9 heteroatoms. The fourth-order valence-corrected chi connectivity index (χ4v) is 2.88. The predicted molar refractivity (Wildman–Crippen MR) is 117 cm³/mol. The van der Waals surface area contributed by atoms with Crippen LogP contribution < -0.4 is 21.7 Å². The maximum Gasteiger partial charge on any atom is 0.326 e. The van der Waals surface area contributed by atoms with Gasteiger partial charge in [0, 0.05) is 23.4 Å². The van der Waals surface area contributed by atoms with Crippen molar-refractivity contribution in [3.8, 4) is 0 Å². The Hall–Kier alpha value is -3.88. The first kappa shape index (κ1) is 23.4.